The Balaban J connectivity index is 1.48. The highest BCUT2D eigenvalue weighted by molar-refractivity contribution is 5.97. The number of fused-ring (bicyclic) bond motifs is 1. The minimum Gasteiger partial charge on any atom is -0.494 e. The third-order valence-corrected chi connectivity index (χ3v) is 5.82. The van der Waals surface area contributed by atoms with Crippen molar-refractivity contribution in [3.63, 3.8) is 0 Å². The number of aromatic amines is 1. The van der Waals surface area contributed by atoms with E-state index in [0.29, 0.717) is 19.7 Å². The number of urea groups is 1. The number of hydrogen-bond donors (Lipinski definition) is 1. The maximum absolute atomic E-state index is 13.6. The number of H-pyrrole nitrogens is 1. The molecule has 1 aliphatic rings. The van der Waals surface area contributed by atoms with E-state index in [1.54, 1.807) is 6.33 Å². The molecule has 1 unspecified atom stereocenters. The number of aromatic nitrogens is 2. The van der Waals surface area contributed by atoms with Crippen LogP contribution in [0.15, 0.2) is 79.1 Å². The largest absolute Gasteiger partial charge is 0.494 e. The van der Waals surface area contributed by atoms with Crippen LogP contribution in [0, 0.1) is 0 Å². The molecule has 1 aliphatic heterocycles. The summed E-state index contributed by atoms with van der Waals surface area (Å²) >= 11 is 0. The number of carbonyl (C=O) groups is 1. The Labute approximate surface area is 187 Å². The lowest BCUT2D eigenvalue weighted by Gasteiger charge is -2.24. The molecule has 2 heterocycles. The zero-order chi connectivity index (χ0) is 21.9. The molecule has 3 aromatic carbocycles. The molecule has 32 heavy (non-hydrogen) atoms. The molecule has 6 nitrogen and oxygen atoms in total. The molecule has 1 N–H and O–H groups in total. The molecule has 0 spiro atoms. The summed E-state index contributed by atoms with van der Waals surface area (Å²) in [4.78, 5) is 24.9. The summed E-state index contributed by atoms with van der Waals surface area (Å²) in [5.41, 5.74) is 4.85. The lowest BCUT2D eigenvalue weighted by Crippen LogP contribution is -2.32. The average molecular weight is 427 g/mol. The van der Waals surface area contributed by atoms with Gasteiger partial charge >= 0.3 is 6.03 Å². The van der Waals surface area contributed by atoms with Crippen molar-refractivity contribution >= 4 is 22.8 Å². The molecule has 2 amide bonds. The van der Waals surface area contributed by atoms with Gasteiger partial charge < -0.3 is 14.6 Å². The van der Waals surface area contributed by atoms with E-state index in [9.17, 15) is 4.79 Å². The second-order valence-corrected chi connectivity index (χ2v) is 8.06. The third-order valence-electron chi connectivity index (χ3n) is 5.82. The molecular weight excluding hydrogens is 400 g/mol. The first-order valence-corrected chi connectivity index (χ1v) is 11.0. The van der Waals surface area contributed by atoms with E-state index in [0.717, 1.165) is 40.0 Å². The highest BCUT2D eigenvalue weighted by atomic mass is 16.5. The van der Waals surface area contributed by atoms with E-state index < -0.39 is 0 Å². The van der Waals surface area contributed by atoms with E-state index >= 15 is 0 Å². The van der Waals surface area contributed by atoms with Gasteiger partial charge in [0.1, 0.15) is 5.75 Å². The third kappa shape index (κ3) is 3.91. The van der Waals surface area contributed by atoms with E-state index in [1.165, 1.54) is 0 Å². The fourth-order valence-corrected chi connectivity index (χ4v) is 4.21. The topological polar surface area (TPSA) is 61.5 Å². The summed E-state index contributed by atoms with van der Waals surface area (Å²) in [6, 6.07) is 24.1. The smallest absolute Gasteiger partial charge is 0.325 e. The lowest BCUT2D eigenvalue weighted by atomic mass is 10.1. The van der Waals surface area contributed by atoms with Gasteiger partial charge in [-0.25, -0.2) is 9.78 Å². The first-order chi connectivity index (χ1) is 15.7. The second kappa shape index (κ2) is 8.75. The normalized spacial score (nSPS) is 16.2. The van der Waals surface area contributed by atoms with Crippen molar-refractivity contribution in [1.29, 1.82) is 0 Å². The molecule has 1 fully saturated rings. The standard InChI is InChI=1S/C26H26N4O2/c1-2-14-32-22-11-8-20(9-12-22)25-17-29(16-19-6-4-3-5-7-19)26(31)30(25)21-10-13-23-24(15-21)28-18-27-23/h3-13,15,18,25H,2,14,16-17H2,1H3,(H,27,28). The zero-order valence-electron chi connectivity index (χ0n) is 18.1. The van der Waals surface area contributed by atoms with Gasteiger partial charge in [-0.15, -0.1) is 0 Å². The van der Waals surface area contributed by atoms with Crippen molar-refractivity contribution in [2.45, 2.75) is 25.9 Å². The van der Waals surface area contributed by atoms with Crippen molar-refractivity contribution in [3.8, 4) is 5.75 Å². The van der Waals surface area contributed by atoms with Crippen LogP contribution in [0.2, 0.25) is 0 Å². The van der Waals surface area contributed by atoms with E-state index in [-0.39, 0.29) is 12.1 Å². The quantitative estimate of drug-likeness (QED) is 0.422. The highest BCUT2D eigenvalue weighted by Gasteiger charge is 2.39. The van der Waals surface area contributed by atoms with Gasteiger partial charge in [-0.05, 0) is 47.9 Å². The van der Waals surface area contributed by atoms with E-state index in [4.69, 9.17) is 4.74 Å². The number of carbonyl (C=O) groups excluding carboxylic acids is 1. The number of anilines is 1. The Kier molecular flexibility index (Phi) is 5.50. The molecule has 1 saturated heterocycles. The van der Waals surface area contributed by atoms with Crippen LogP contribution in [0.3, 0.4) is 0 Å². The Bertz CT molecular complexity index is 1200. The summed E-state index contributed by atoms with van der Waals surface area (Å²) in [5, 5.41) is 0. The van der Waals surface area contributed by atoms with Gasteiger partial charge in [-0.2, -0.15) is 0 Å². The SMILES string of the molecule is CCCOc1ccc(C2CN(Cc3ccccc3)C(=O)N2c2ccc3[nH]cnc3c2)cc1. The maximum atomic E-state index is 13.6. The van der Waals surface area contributed by atoms with Gasteiger partial charge in [0.2, 0.25) is 0 Å². The van der Waals surface area contributed by atoms with Crippen LogP contribution in [-0.2, 0) is 6.54 Å². The first kappa shape index (κ1) is 20.1. The van der Waals surface area contributed by atoms with Crippen LogP contribution >= 0.6 is 0 Å². The number of hydrogen-bond acceptors (Lipinski definition) is 3. The van der Waals surface area contributed by atoms with Gasteiger partial charge in [0.15, 0.2) is 0 Å². The molecule has 1 atom stereocenters. The van der Waals surface area contributed by atoms with Gasteiger partial charge in [-0.1, -0.05) is 49.4 Å². The van der Waals surface area contributed by atoms with Crippen LogP contribution in [-0.4, -0.2) is 34.1 Å². The van der Waals surface area contributed by atoms with Crippen LogP contribution in [0.1, 0.15) is 30.5 Å². The monoisotopic (exact) mass is 426 g/mol. The number of ether oxygens (including phenoxy) is 1. The first-order valence-electron chi connectivity index (χ1n) is 11.0. The molecule has 0 saturated carbocycles. The molecule has 0 radical (unpaired) electrons. The van der Waals surface area contributed by atoms with E-state index in [1.807, 2.05) is 58.3 Å². The molecule has 6 heteroatoms. The highest BCUT2D eigenvalue weighted by Crippen LogP contribution is 2.36. The number of rotatable bonds is 7. The fraction of sp³-hybridized carbons (Fsp3) is 0.231. The Morgan fingerprint density at radius 2 is 1.88 bits per heavy atom. The molecule has 5 rings (SSSR count). The molecule has 162 valence electrons. The van der Waals surface area contributed by atoms with E-state index in [2.05, 4.69) is 41.2 Å². The Morgan fingerprint density at radius 1 is 1.06 bits per heavy atom. The maximum Gasteiger partial charge on any atom is 0.325 e. The molecule has 4 aromatic rings. The molecule has 1 aromatic heterocycles. The zero-order valence-corrected chi connectivity index (χ0v) is 18.1. The summed E-state index contributed by atoms with van der Waals surface area (Å²) in [6.07, 6.45) is 2.64. The van der Waals surface area contributed by atoms with Crippen molar-refractivity contribution in [1.82, 2.24) is 14.9 Å². The number of nitrogens with zero attached hydrogens (tertiary/aromatic N) is 3. The molecule has 0 aliphatic carbocycles. The molecular formula is C26H26N4O2. The Morgan fingerprint density at radius 3 is 2.66 bits per heavy atom. The van der Waals surface area contributed by atoms with Gasteiger partial charge in [0, 0.05) is 18.8 Å². The number of nitrogens with one attached hydrogen (secondary N) is 1. The van der Waals surface area contributed by atoms with Crippen LogP contribution in [0.4, 0.5) is 10.5 Å². The number of benzene rings is 3. The fourth-order valence-electron chi connectivity index (χ4n) is 4.21. The van der Waals surface area contributed by atoms with Crippen LogP contribution in [0.5, 0.6) is 5.75 Å². The summed E-state index contributed by atoms with van der Waals surface area (Å²) in [7, 11) is 0. The minimum absolute atomic E-state index is 0.0000447. The molecule has 0 bridgehead atoms. The lowest BCUT2D eigenvalue weighted by molar-refractivity contribution is 0.218. The summed E-state index contributed by atoms with van der Waals surface area (Å²) < 4.78 is 5.74. The number of amides is 2. The van der Waals surface area contributed by atoms with Crippen LogP contribution < -0.4 is 9.64 Å². The predicted molar refractivity (Wildman–Crippen MR) is 126 cm³/mol. The minimum atomic E-state index is -0.0946. The van der Waals surface area contributed by atoms with Crippen molar-refractivity contribution < 1.29 is 9.53 Å². The van der Waals surface area contributed by atoms with Crippen molar-refractivity contribution in [2.24, 2.45) is 0 Å². The Hall–Kier alpha value is -3.80. The number of imidazole rings is 1. The summed E-state index contributed by atoms with van der Waals surface area (Å²) in [5.74, 6) is 0.852. The van der Waals surface area contributed by atoms with Gasteiger partial charge in [0.25, 0.3) is 0 Å². The second-order valence-electron chi connectivity index (χ2n) is 8.06. The summed E-state index contributed by atoms with van der Waals surface area (Å²) in [6.45, 7) is 3.98. The average Bonchev–Trinajstić information content (AvgIpc) is 3.43. The van der Waals surface area contributed by atoms with Gasteiger partial charge in [0.05, 0.1) is 30.0 Å². The van der Waals surface area contributed by atoms with Gasteiger partial charge in [-0.3, -0.25) is 4.90 Å². The van der Waals surface area contributed by atoms with Crippen molar-refractivity contribution in [2.75, 3.05) is 18.1 Å². The van der Waals surface area contributed by atoms with Crippen LogP contribution in [0.25, 0.3) is 11.0 Å². The predicted octanol–water partition coefficient (Wildman–Crippen LogP) is 5.54. The van der Waals surface area contributed by atoms with Crippen molar-refractivity contribution in [3.05, 3.63) is 90.3 Å².